The van der Waals surface area contributed by atoms with E-state index in [0.717, 1.165) is 28.5 Å². The summed E-state index contributed by atoms with van der Waals surface area (Å²) >= 11 is 1.14. The zero-order valence-corrected chi connectivity index (χ0v) is 19.3. The van der Waals surface area contributed by atoms with E-state index in [9.17, 15) is 14.9 Å². The summed E-state index contributed by atoms with van der Waals surface area (Å²) in [5.41, 5.74) is 4.13. The molecule has 0 aliphatic carbocycles. The molecule has 3 rings (SSSR count). The van der Waals surface area contributed by atoms with E-state index in [1.807, 2.05) is 38.1 Å². The van der Waals surface area contributed by atoms with Crippen LogP contribution >= 0.6 is 11.8 Å². The van der Waals surface area contributed by atoms with Crippen LogP contribution in [0.25, 0.3) is 0 Å². The molecule has 1 aliphatic rings. The number of aryl methyl sites for hydroxylation is 2. The van der Waals surface area contributed by atoms with Crippen molar-refractivity contribution in [2.75, 3.05) is 25.3 Å². The normalized spacial score (nSPS) is 15.6. The molecule has 1 heterocycles. The highest BCUT2D eigenvalue weighted by Crippen LogP contribution is 2.39. The molecular formula is C24H25N3O4S. The average molecular weight is 452 g/mol. The lowest BCUT2D eigenvalue weighted by Crippen LogP contribution is -2.31. The minimum Gasteiger partial charge on any atom is -0.493 e. The van der Waals surface area contributed by atoms with Crippen molar-refractivity contribution in [1.29, 1.82) is 5.26 Å². The molecule has 0 radical (unpaired) electrons. The fourth-order valence-electron chi connectivity index (χ4n) is 3.44. The Balaban J connectivity index is 1.79. The molecule has 2 amide bonds. The number of nitrogens with one attached hydrogen (secondary N) is 2. The molecule has 2 aromatic carbocycles. The number of rotatable bonds is 7. The second-order valence-electron chi connectivity index (χ2n) is 7.41. The summed E-state index contributed by atoms with van der Waals surface area (Å²) in [7, 11) is 3.08. The Labute approximate surface area is 191 Å². The predicted octanol–water partition coefficient (Wildman–Crippen LogP) is 4.03. The molecule has 8 heteroatoms. The number of nitriles is 1. The van der Waals surface area contributed by atoms with Gasteiger partial charge in [0.1, 0.15) is 0 Å². The smallest absolute Gasteiger partial charge is 0.234 e. The summed E-state index contributed by atoms with van der Waals surface area (Å²) in [6, 6.07) is 13.3. The molecular weight excluding hydrogens is 426 g/mol. The maximum Gasteiger partial charge on any atom is 0.234 e. The Morgan fingerprint density at radius 2 is 1.91 bits per heavy atom. The van der Waals surface area contributed by atoms with Crippen LogP contribution in [-0.2, 0) is 9.59 Å². The van der Waals surface area contributed by atoms with Gasteiger partial charge in [-0.05, 0) is 54.8 Å². The lowest BCUT2D eigenvalue weighted by molar-refractivity contribution is -0.121. The molecule has 0 spiro atoms. The number of thioether (sulfide) groups is 1. The number of carbonyl (C=O) groups is 2. The number of hydrogen-bond acceptors (Lipinski definition) is 6. The molecule has 1 atom stereocenters. The van der Waals surface area contributed by atoms with Gasteiger partial charge in [-0.25, -0.2) is 0 Å². The molecule has 7 nitrogen and oxygen atoms in total. The zero-order valence-electron chi connectivity index (χ0n) is 18.4. The highest BCUT2D eigenvalue weighted by molar-refractivity contribution is 8.03. The standard InChI is InChI=1S/C24H25N3O4S/c1-14-5-7-17(9-15(14)2)26-23(29)13-32-24-19(12-25)18(11-22(28)27-24)16-6-8-20(30-3)21(10-16)31-4/h5-10,18H,11,13H2,1-4H3,(H,26,29)(H,27,28)/t18-/m0/s1. The van der Waals surface area contributed by atoms with Gasteiger partial charge < -0.3 is 20.1 Å². The number of carbonyl (C=O) groups excluding carboxylic acids is 2. The maximum absolute atomic E-state index is 12.5. The van der Waals surface area contributed by atoms with Gasteiger partial charge in [0.15, 0.2) is 11.5 Å². The molecule has 0 aromatic heterocycles. The SMILES string of the molecule is COc1ccc([C@@H]2CC(=O)NC(SCC(=O)Nc3ccc(C)c(C)c3)=C2C#N)cc1OC. The summed E-state index contributed by atoms with van der Waals surface area (Å²) in [4.78, 5) is 24.8. The largest absolute Gasteiger partial charge is 0.493 e. The summed E-state index contributed by atoms with van der Waals surface area (Å²) < 4.78 is 10.6. The third-order valence-corrected chi connectivity index (χ3v) is 6.32. The average Bonchev–Trinajstić information content (AvgIpc) is 2.79. The Morgan fingerprint density at radius 1 is 1.16 bits per heavy atom. The van der Waals surface area contributed by atoms with Crippen LogP contribution in [0.3, 0.4) is 0 Å². The van der Waals surface area contributed by atoms with E-state index in [-0.39, 0.29) is 24.0 Å². The summed E-state index contributed by atoms with van der Waals surface area (Å²) in [5.74, 6) is 0.295. The number of amides is 2. The van der Waals surface area contributed by atoms with Crippen LogP contribution in [0, 0.1) is 25.2 Å². The van der Waals surface area contributed by atoms with Crippen LogP contribution in [0.2, 0.25) is 0 Å². The van der Waals surface area contributed by atoms with Gasteiger partial charge in [-0.15, -0.1) is 0 Å². The van der Waals surface area contributed by atoms with Gasteiger partial charge in [-0.3, -0.25) is 9.59 Å². The Bertz CT molecular complexity index is 1120. The fraction of sp³-hybridized carbons (Fsp3) is 0.292. The van der Waals surface area contributed by atoms with Crippen LogP contribution in [-0.4, -0.2) is 31.8 Å². The molecule has 2 N–H and O–H groups in total. The van der Waals surface area contributed by atoms with Gasteiger partial charge >= 0.3 is 0 Å². The van der Waals surface area contributed by atoms with E-state index in [1.54, 1.807) is 19.2 Å². The summed E-state index contributed by atoms with van der Waals surface area (Å²) in [6.45, 7) is 3.99. The van der Waals surface area contributed by atoms with Crippen molar-refractivity contribution in [1.82, 2.24) is 5.32 Å². The summed E-state index contributed by atoms with van der Waals surface area (Å²) in [6.07, 6.45) is 0.136. The van der Waals surface area contributed by atoms with Gasteiger partial charge in [0.2, 0.25) is 11.8 Å². The van der Waals surface area contributed by atoms with E-state index >= 15 is 0 Å². The molecule has 0 unspecified atom stereocenters. The Kier molecular flexibility index (Phi) is 7.44. The van der Waals surface area contributed by atoms with E-state index in [1.165, 1.54) is 7.11 Å². The predicted molar refractivity (Wildman–Crippen MR) is 125 cm³/mol. The lowest BCUT2D eigenvalue weighted by Gasteiger charge is -2.25. The van der Waals surface area contributed by atoms with E-state index in [4.69, 9.17) is 9.47 Å². The van der Waals surface area contributed by atoms with Crippen LogP contribution in [0.5, 0.6) is 11.5 Å². The number of benzene rings is 2. The van der Waals surface area contributed by atoms with Gasteiger partial charge in [-0.1, -0.05) is 23.9 Å². The van der Waals surface area contributed by atoms with Crippen molar-refractivity contribution >= 4 is 29.3 Å². The van der Waals surface area contributed by atoms with Crippen LogP contribution < -0.4 is 20.1 Å². The highest BCUT2D eigenvalue weighted by Gasteiger charge is 2.30. The molecule has 0 fully saturated rings. The first kappa shape index (κ1) is 23.2. The van der Waals surface area contributed by atoms with Crippen LogP contribution in [0.4, 0.5) is 5.69 Å². The van der Waals surface area contributed by atoms with Gasteiger partial charge in [0.25, 0.3) is 0 Å². The minimum absolute atomic E-state index is 0.0619. The van der Waals surface area contributed by atoms with Gasteiger partial charge in [-0.2, -0.15) is 5.26 Å². The van der Waals surface area contributed by atoms with Gasteiger partial charge in [0.05, 0.1) is 36.6 Å². The second-order valence-corrected chi connectivity index (χ2v) is 8.40. The molecule has 1 aliphatic heterocycles. The number of hydrogen-bond donors (Lipinski definition) is 2. The van der Waals surface area contributed by atoms with Crippen LogP contribution in [0.15, 0.2) is 47.0 Å². The first-order valence-corrected chi connectivity index (χ1v) is 11.0. The molecule has 0 saturated carbocycles. The summed E-state index contributed by atoms with van der Waals surface area (Å²) in [5, 5.41) is 15.8. The Morgan fingerprint density at radius 3 is 2.56 bits per heavy atom. The number of anilines is 1. The van der Waals surface area contributed by atoms with Crippen molar-refractivity contribution in [3.05, 3.63) is 63.7 Å². The first-order chi connectivity index (χ1) is 15.4. The van der Waals surface area contributed by atoms with E-state index in [2.05, 4.69) is 16.7 Å². The minimum atomic E-state index is -0.432. The lowest BCUT2D eigenvalue weighted by atomic mass is 9.87. The molecule has 32 heavy (non-hydrogen) atoms. The Hall–Kier alpha value is -3.44. The van der Waals surface area contributed by atoms with Crippen molar-refractivity contribution < 1.29 is 19.1 Å². The fourth-order valence-corrected chi connectivity index (χ4v) is 4.32. The van der Waals surface area contributed by atoms with Gasteiger partial charge in [0, 0.05) is 18.0 Å². The van der Waals surface area contributed by atoms with Crippen molar-refractivity contribution in [3.8, 4) is 17.6 Å². The topological polar surface area (TPSA) is 100 Å². The maximum atomic E-state index is 12.5. The third kappa shape index (κ3) is 5.24. The quantitative estimate of drug-likeness (QED) is 0.659. The third-order valence-electron chi connectivity index (χ3n) is 5.30. The zero-order chi connectivity index (χ0) is 23.3. The second kappa shape index (κ2) is 10.2. The molecule has 166 valence electrons. The van der Waals surface area contributed by atoms with Crippen molar-refractivity contribution in [3.63, 3.8) is 0 Å². The monoisotopic (exact) mass is 451 g/mol. The molecule has 2 aromatic rings. The molecule has 0 saturated heterocycles. The van der Waals surface area contributed by atoms with Crippen molar-refractivity contribution in [2.24, 2.45) is 0 Å². The first-order valence-electron chi connectivity index (χ1n) is 10.0. The van der Waals surface area contributed by atoms with E-state index in [0.29, 0.717) is 27.8 Å². The number of allylic oxidation sites excluding steroid dienone is 1. The number of ether oxygens (including phenoxy) is 2. The van der Waals surface area contributed by atoms with Crippen LogP contribution in [0.1, 0.15) is 29.0 Å². The molecule has 0 bridgehead atoms. The number of methoxy groups -OCH3 is 2. The van der Waals surface area contributed by atoms with Crippen molar-refractivity contribution in [2.45, 2.75) is 26.2 Å². The highest BCUT2D eigenvalue weighted by atomic mass is 32.2. The van der Waals surface area contributed by atoms with E-state index < -0.39 is 5.92 Å². The number of nitrogens with zero attached hydrogens (tertiary/aromatic N) is 1.